The van der Waals surface area contributed by atoms with Crippen molar-refractivity contribution in [3.8, 4) is 60.6 Å². The molecule has 0 saturated carbocycles. The van der Waals surface area contributed by atoms with Gasteiger partial charge < -0.3 is 10.0 Å². The normalized spacial score (nSPS) is 17.3. The molecule has 3 fully saturated rings. The predicted molar refractivity (Wildman–Crippen MR) is 352 cm³/mol. The summed E-state index contributed by atoms with van der Waals surface area (Å²) < 4.78 is 1.54. The number of amides is 2. The molecule has 2 amide bonds. The molecule has 0 radical (unpaired) electrons. The molecular formula is C59H37N3O5S12. The number of nitrogens with zero attached hydrogens (tertiary/aromatic N) is 3. The molecule has 9 aromatic rings. The van der Waals surface area contributed by atoms with E-state index in [1.54, 1.807) is 81.1 Å². The van der Waals surface area contributed by atoms with Gasteiger partial charge in [0.2, 0.25) is 0 Å². The number of allylic oxidation sites excluding steroid dienone is 1. The average Bonchev–Trinajstić information content (AvgIpc) is 4.34. The average molecular weight is 1250 g/mol. The van der Waals surface area contributed by atoms with E-state index in [9.17, 15) is 24.3 Å². The number of Topliss-reactive ketones (excluding diaryl/α,β-unsaturated/α-hetero) is 1. The van der Waals surface area contributed by atoms with E-state index in [2.05, 4.69) is 138 Å². The summed E-state index contributed by atoms with van der Waals surface area (Å²) in [5.41, 5.74) is 6.33. The zero-order chi connectivity index (χ0) is 54.6. The van der Waals surface area contributed by atoms with Crippen molar-refractivity contribution in [3.05, 3.63) is 175 Å². The lowest BCUT2D eigenvalue weighted by Crippen LogP contribution is -2.33. The van der Waals surface area contributed by atoms with Crippen molar-refractivity contribution in [1.82, 2.24) is 9.80 Å². The van der Waals surface area contributed by atoms with Crippen LogP contribution in [-0.2, 0) is 19.2 Å². The smallest absolute Gasteiger partial charge is 0.323 e. The molecule has 1 atom stereocenters. The van der Waals surface area contributed by atoms with Gasteiger partial charge in [-0.2, -0.15) is 0 Å². The number of anilines is 3. The van der Waals surface area contributed by atoms with Gasteiger partial charge in [0.05, 0.1) is 24.8 Å². The van der Waals surface area contributed by atoms with Crippen molar-refractivity contribution in [2.45, 2.75) is 6.92 Å². The number of rotatable bonds is 14. The van der Waals surface area contributed by atoms with Crippen molar-refractivity contribution >= 4 is 212 Å². The number of hydrogen-bond acceptors (Lipinski definition) is 17. The Kier molecular flexibility index (Phi) is 15.5. The fraction of sp³-hybridized carbons (Fsp3) is 0.0678. The minimum Gasteiger partial charge on any atom is -0.480 e. The molecule has 390 valence electrons. The Morgan fingerprint density at radius 3 is 1.20 bits per heavy atom. The third-order valence-electron chi connectivity index (χ3n) is 12.8. The standard InChI is InChI=1S/C59H37N3O5S12/c1-31-54(65)50(77-57(31)68)27-38-15-18-44(71-38)47-24-21-41(74-47)32-3-9-35(10-4-32)62(36-11-5-33(6-12-36)42-22-25-48(75-42)45-19-16-39(72-45)28-51-55(66)60(2)58(69)78-51)37-13-7-34(8-14-37)43-23-26-49(76-43)46-20-17-40(73-46)29-52-56(67)61(30-53(63)64)59(70)79-52/h3-29,31H,30H2,1-2H3,(H,63,64)/b50-27+,51-28-,52-29+. The first kappa shape index (κ1) is 53.9. The largest absolute Gasteiger partial charge is 0.480 e. The second-order valence-electron chi connectivity index (χ2n) is 18.0. The fourth-order valence-electron chi connectivity index (χ4n) is 8.71. The van der Waals surface area contributed by atoms with Gasteiger partial charge in [-0.3, -0.25) is 29.0 Å². The van der Waals surface area contributed by atoms with Crippen LogP contribution >= 0.6 is 140 Å². The Morgan fingerprint density at radius 2 is 0.835 bits per heavy atom. The van der Waals surface area contributed by atoms with Crippen LogP contribution in [0, 0.1) is 5.92 Å². The number of thiophene rings is 6. The van der Waals surface area contributed by atoms with Crippen LogP contribution in [0.4, 0.5) is 17.1 Å². The van der Waals surface area contributed by atoms with Crippen LogP contribution in [-0.4, -0.2) is 64.9 Å². The van der Waals surface area contributed by atoms with E-state index < -0.39 is 12.5 Å². The van der Waals surface area contributed by atoms with Crippen molar-refractivity contribution < 1.29 is 24.3 Å². The van der Waals surface area contributed by atoms with Crippen LogP contribution in [0.5, 0.6) is 0 Å². The van der Waals surface area contributed by atoms with Gasteiger partial charge in [-0.05, 0) is 151 Å². The maximum atomic E-state index is 12.9. The number of benzene rings is 3. The van der Waals surface area contributed by atoms with E-state index in [0.29, 0.717) is 19.0 Å². The van der Waals surface area contributed by atoms with Gasteiger partial charge in [-0.25, -0.2) is 0 Å². The van der Waals surface area contributed by atoms with Crippen molar-refractivity contribution in [1.29, 1.82) is 0 Å². The molecule has 12 rings (SSSR count). The summed E-state index contributed by atoms with van der Waals surface area (Å²) in [5, 5.41) is 9.24. The van der Waals surface area contributed by atoms with Gasteiger partial charge in [-0.1, -0.05) is 108 Å². The molecule has 1 unspecified atom stereocenters. The molecule has 0 aliphatic carbocycles. The molecule has 1 N–H and O–H groups in total. The SMILES string of the molecule is CC1C(=O)/C(=C\c2ccc(-c3ccc(-c4ccc(N(c5ccc(-c6ccc(-c7ccc(/C=C8\SC(=S)N(C)C8=O)s7)s6)cc5)c5ccc(-c6ccc(-c7ccc(/C=C8/SC(=S)N(CC(=O)O)C8=O)s7)s6)cc5)cc4)s3)s2)SC1=S. The van der Waals surface area contributed by atoms with Crippen molar-refractivity contribution in [3.63, 3.8) is 0 Å². The number of carboxylic acids is 1. The summed E-state index contributed by atoms with van der Waals surface area (Å²) in [4.78, 5) is 69.4. The number of carboxylic acid groups (broad SMARTS) is 1. The highest BCUT2D eigenvalue weighted by Gasteiger charge is 2.34. The van der Waals surface area contributed by atoms with Crippen molar-refractivity contribution in [2.75, 3.05) is 18.5 Å². The molecule has 9 heterocycles. The Hall–Kier alpha value is -5.72. The molecular weight excluding hydrogens is 1220 g/mol. The lowest BCUT2D eigenvalue weighted by atomic mass is 10.1. The van der Waals surface area contributed by atoms with Gasteiger partial charge in [0, 0.05) is 82.6 Å². The summed E-state index contributed by atoms with van der Waals surface area (Å²) in [7, 11) is 1.71. The van der Waals surface area contributed by atoms with E-state index >= 15 is 0 Å². The molecule has 79 heavy (non-hydrogen) atoms. The Bertz CT molecular complexity index is 3900. The quantitative estimate of drug-likeness (QED) is 0.0829. The van der Waals surface area contributed by atoms with E-state index in [0.717, 1.165) is 108 Å². The van der Waals surface area contributed by atoms with Crippen LogP contribution in [0.25, 0.3) is 78.8 Å². The van der Waals surface area contributed by atoms with Crippen molar-refractivity contribution in [2.24, 2.45) is 5.92 Å². The van der Waals surface area contributed by atoms with Gasteiger partial charge in [0.15, 0.2) is 5.78 Å². The molecule has 3 aliphatic heterocycles. The highest BCUT2D eigenvalue weighted by atomic mass is 32.2. The number of likely N-dealkylation sites (N-methyl/N-ethyl adjacent to an activating group) is 1. The number of hydrogen-bond donors (Lipinski definition) is 1. The second-order valence-corrected chi connectivity index (χ2v) is 29.7. The molecule has 8 nitrogen and oxygen atoms in total. The van der Waals surface area contributed by atoms with Crippen LogP contribution < -0.4 is 4.90 Å². The summed E-state index contributed by atoms with van der Waals surface area (Å²) in [5.74, 6) is -1.69. The van der Waals surface area contributed by atoms with Crippen LogP contribution in [0.1, 0.15) is 21.6 Å². The van der Waals surface area contributed by atoms with Gasteiger partial charge in [0.1, 0.15) is 15.2 Å². The third-order valence-corrected chi connectivity index (χ3v) is 24.5. The lowest BCUT2D eigenvalue weighted by Gasteiger charge is -2.26. The number of thioether (sulfide) groups is 3. The minimum atomic E-state index is -1.11. The second kappa shape index (κ2) is 22.7. The lowest BCUT2D eigenvalue weighted by molar-refractivity contribution is -0.140. The van der Waals surface area contributed by atoms with Gasteiger partial charge >= 0.3 is 5.97 Å². The van der Waals surface area contributed by atoms with Gasteiger partial charge in [0.25, 0.3) is 11.8 Å². The summed E-state index contributed by atoms with van der Waals surface area (Å²) in [6.45, 7) is 1.42. The maximum Gasteiger partial charge on any atom is 0.323 e. The minimum absolute atomic E-state index is 0.0676. The van der Waals surface area contributed by atoms with E-state index in [1.165, 1.54) is 33.3 Å². The Morgan fingerprint density at radius 1 is 0.481 bits per heavy atom. The zero-order valence-corrected chi connectivity index (χ0v) is 51.0. The Labute approximate surface area is 507 Å². The number of carbonyl (C=O) groups is 4. The number of ketones is 1. The first-order valence-corrected chi connectivity index (χ1v) is 32.6. The van der Waals surface area contributed by atoms with E-state index in [-0.39, 0.29) is 27.8 Å². The molecule has 3 aliphatic rings. The highest BCUT2D eigenvalue weighted by molar-refractivity contribution is 8.27. The molecule has 3 saturated heterocycles. The van der Waals surface area contributed by atoms with Crippen LogP contribution in [0.15, 0.2) is 160 Å². The first-order chi connectivity index (χ1) is 38.2. The Balaban J connectivity index is 0.799. The molecule has 20 heteroatoms. The van der Waals surface area contributed by atoms with Crippen LogP contribution in [0.3, 0.4) is 0 Å². The summed E-state index contributed by atoms with van der Waals surface area (Å²) in [6, 6.07) is 51.4. The molecule has 0 spiro atoms. The summed E-state index contributed by atoms with van der Waals surface area (Å²) in [6.07, 6.45) is 5.68. The summed E-state index contributed by atoms with van der Waals surface area (Å²) >= 11 is 30.0. The van der Waals surface area contributed by atoms with Gasteiger partial charge in [-0.15, -0.1) is 68.0 Å². The highest BCUT2D eigenvalue weighted by Crippen LogP contribution is 2.46. The first-order valence-electron chi connectivity index (χ1n) is 24.1. The monoisotopic (exact) mass is 1250 g/mol. The third kappa shape index (κ3) is 11.2. The molecule has 3 aromatic carbocycles. The fourth-order valence-corrected chi connectivity index (χ4v) is 18.8. The van der Waals surface area contributed by atoms with E-state index in [4.69, 9.17) is 36.7 Å². The number of carbonyl (C=O) groups excluding carboxylic acids is 3. The zero-order valence-electron chi connectivity index (χ0n) is 41.2. The number of aliphatic carboxylic acids is 1. The van der Waals surface area contributed by atoms with Crippen LogP contribution in [0.2, 0.25) is 0 Å². The molecule has 6 aromatic heterocycles. The predicted octanol–water partition coefficient (Wildman–Crippen LogP) is 18.3. The number of thiocarbonyl (C=S) groups is 3. The maximum absolute atomic E-state index is 12.9. The van der Waals surface area contributed by atoms with E-state index in [1.807, 2.05) is 31.2 Å². The topological polar surface area (TPSA) is 98.2 Å². The molecule has 0 bridgehead atoms.